The number of thioether (sulfide) groups is 1. The Morgan fingerprint density at radius 2 is 2.29 bits per heavy atom. The molecule has 0 aliphatic carbocycles. The molecule has 2 nitrogen and oxygen atoms in total. The zero-order valence-electron chi connectivity index (χ0n) is 8.58. The first-order valence-corrected chi connectivity index (χ1v) is 6.26. The van der Waals surface area contributed by atoms with E-state index in [1.165, 1.54) is 31.5 Å². The van der Waals surface area contributed by atoms with E-state index in [2.05, 4.69) is 12.2 Å². The number of hydrogen-bond acceptors (Lipinski definition) is 3. The van der Waals surface area contributed by atoms with Gasteiger partial charge < -0.3 is 9.73 Å². The summed E-state index contributed by atoms with van der Waals surface area (Å²) >= 11 is 2.04. The van der Waals surface area contributed by atoms with Gasteiger partial charge in [0.1, 0.15) is 5.76 Å². The summed E-state index contributed by atoms with van der Waals surface area (Å²) in [4.78, 5) is 0. The van der Waals surface area contributed by atoms with Crippen molar-refractivity contribution in [1.29, 1.82) is 0 Å². The molecule has 1 aliphatic rings. The SMILES string of the molecule is Cc1ccoc1CSC1CCNCC1. The summed E-state index contributed by atoms with van der Waals surface area (Å²) in [6.45, 7) is 4.46. The lowest BCUT2D eigenvalue weighted by Crippen LogP contribution is -2.29. The van der Waals surface area contributed by atoms with Crippen LogP contribution < -0.4 is 5.32 Å². The van der Waals surface area contributed by atoms with Gasteiger partial charge in [-0.3, -0.25) is 0 Å². The van der Waals surface area contributed by atoms with E-state index in [-0.39, 0.29) is 0 Å². The molecule has 1 N–H and O–H groups in total. The van der Waals surface area contributed by atoms with Crippen molar-refractivity contribution in [2.45, 2.75) is 30.8 Å². The molecule has 1 fully saturated rings. The highest BCUT2D eigenvalue weighted by atomic mass is 32.2. The summed E-state index contributed by atoms with van der Waals surface area (Å²) in [5, 5.41) is 4.20. The smallest absolute Gasteiger partial charge is 0.116 e. The van der Waals surface area contributed by atoms with Crippen LogP contribution in [0, 0.1) is 6.92 Å². The molecule has 0 radical (unpaired) electrons. The second kappa shape index (κ2) is 4.89. The summed E-state index contributed by atoms with van der Waals surface area (Å²) < 4.78 is 5.42. The minimum Gasteiger partial charge on any atom is -0.468 e. The number of nitrogens with one attached hydrogen (secondary N) is 1. The van der Waals surface area contributed by atoms with Gasteiger partial charge >= 0.3 is 0 Å². The second-order valence-electron chi connectivity index (χ2n) is 3.79. The Hall–Kier alpha value is -0.410. The summed E-state index contributed by atoms with van der Waals surface area (Å²) in [7, 11) is 0. The van der Waals surface area contributed by atoms with Gasteiger partial charge in [0.15, 0.2) is 0 Å². The van der Waals surface area contributed by atoms with E-state index in [0.717, 1.165) is 16.8 Å². The Bertz CT molecular complexity index is 279. The van der Waals surface area contributed by atoms with Gasteiger partial charge in [-0.2, -0.15) is 11.8 Å². The van der Waals surface area contributed by atoms with Crippen molar-refractivity contribution in [3.8, 4) is 0 Å². The van der Waals surface area contributed by atoms with E-state index in [1.54, 1.807) is 6.26 Å². The number of rotatable bonds is 3. The molecular formula is C11H17NOS. The quantitative estimate of drug-likeness (QED) is 0.832. The lowest BCUT2D eigenvalue weighted by molar-refractivity contribution is 0.520. The van der Waals surface area contributed by atoms with Gasteiger partial charge in [0, 0.05) is 5.25 Å². The Morgan fingerprint density at radius 3 is 2.93 bits per heavy atom. The molecule has 14 heavy (non-hydrogen) atoms. The molecule has 0 amide bonds. The van der Waals surface area contributed by atoms with Gasteiger partial charge in [0.2, 0.25) is 0 Å². The number of hydrogen-bond donors (Lipinski definition) is 1. The molecular weight excluding hydrogens is 194 g/mol. The maximum Gasteiger partial charge on any atom is 0.116 e. The topological polar surface area (TPSA) is 25.2 Å². The molecule has 0 bridgehead atoms. The van der Waals surface area contributed by atoms with Crippen LogP contribution in [0.5, 0.6) is 0 Å². The first-order valence-electron chi connectivity index (χ1n) is 5.21. The summed E-state index contributed by atoms with van der Waals surface area (Å²) in [6.07, 6.45) is 4.38. The van der Waals surface area contributed by atoms with Crippen molar-refractivity contribution in [3.05, 3.63) is 23.7 Å². The van der Waals surface area contributed by atoms with Gasteiger partial charge in [0.25, 0.3) is 0 Å². The predicted octanol–water partition coefficient (Wildman–Crippen LogP) is 2.57. The normalized spacial score (nSPS) is 18.6. The molecule has 0 atom stereocenters. The molecule has 0 aromatic carbocycles. The summed E-state index contributed by atoms with van der Waals surface area (Å²) in [5.41, 5.74) is 1.28. The second-order valence-corrected chi connectivity index (χ2v) is 5.08. The molecule has 1 aromatic rings. The first-order chi connectivity index (χ1) is 6.86. The summed E-state index contributed by atoms with van der Waals surface area (Å²) in [5.74, 6) is 2.18. The van der Waals surface area contributed by atoms with Gasteiger partial charge in [-0.15, -0.1) is 0 Å². The molecule has 0 spiro atoms. The van der Waals surface area contributed by atoms with Crippen molar-refractivity contribution in [2.75, 3.05) is 13.1 Å². The van der Waals surface area contributed by atoms with Crippen LogP contribution in [0.3, 0.4) is 0 Å². The van der Waals surface area contributed by atoms with Gasteiger partial charge in [-0.25, -0.2) is 0 Å². The van der Waals surface area contributed by atoms with E-state index in [4.69, 9.17) is 4.42 Å². The molecule has 2 heterocycles. The monoisotopic (exact) mass is 211 g/mol. The lowest BCUT2D eigenvalue weighted by atomic mass is 10.2. The van der Waals surface area contributed by atoms with Crippen LogP contribution in [0.1, 0.15) is 24.2 Å². The van der Waals surface area contributed by atoms with E-state index >= 15 is 0 Å². The molecule has 1 aliphatic heterocycles. The third-order valence-corrected chi connectivity index (χ3v) is 4.08. The Balaban J connectivity index is 1.79. The third-order valence-electron chi connectivity index (χ3n) is 2.70. The highest BCUT2D eigenvalue weighted by Gasteiger charge is 2.14. The van der Waals surface area contributed by atoms with Crippen LogP contribution in [0.2, 0.25) is 0 Å². The molecule has 2 rings (SSSR count). The van der Waals surface area contributed by atoms with E-state index in [0.29, 0.717) is 0 Å². The van der Waals surface area contributed by atoms with E-state index in [9.17, 15) is 0 Å². The van der Waals surface area contributed by atoms with Gasteiger partial charge in [-0.05, 0) is 44.5 Å². The van der Waals surface area contributed by atoms with Crippen molar-refractivity contribution in [2.24, 2.45) is 0 Å². The molecule has 3 heteroatoms. The molecule has 0 unspecified atom stereocenters. The van der Waals surface area contributed by atoms with Crippen LogP contribution in [0.15, 0.2) is 16.7 Å². The Morgan fingerprint density at radius 1 is 1.50 bits per heavy atom. The zero-order chi connectivity index (χ0) is 9.80. The van der Waals surface area contributed by atoms with Crippen LogP contribution >= 0.6 is 11.8 Å². The average Bonchev–Trinajstić information content (AvgIpc) is 2.63. The van der Waals surface area contributed by atoms with E-state index in [1.807, 2.05) is 17.8 Å². The summed E-state index contributed by atoms with van der Waals surface area (Å²) in [6, 6.07) is 2.04. The van der Waals surface area contributed by atoms with Crippen molar-refractivity contribution in [1.82, 2.24) is 5.32 Å². The number of aryl methyl sites for hydroxylation is 1. The maximum atomic E-state index is 5.42. The maximum absolute atomic E-state index is 5.42. The van der Waals surface area contributed by atoms with Crippen molar-refractivity contribution < 1.29 is 4.42 Å². The predicted molar refractivity (Wildman–Crippen MR) is 60.6 cm³/mol. The fourth-order valence-electron chi connectivity index (χ4n) is 1.71. The average molecular weight is 211 g/mol. The number of furan rings is 1. The Kier molecular flexibility index (Phi) is 3.54. The third kappa shape index (κ3) is 2.55. The van der Waals surface area contributed by atoms with Crippen LogP contribution in [0.25, 0.3) is 0 Å². The highest BCUT2D eigenvalue weighted by molar-refractivity contribution is 7.99. The fourth-order valence-corrected chi connectivity index (χ4v) is 2.96. The van der Waals surface area contributed by atoms with Crippen molar-refractivity contribution >= 4 is 11.8 Å². The standard InChI is InChI=1S/C11H17NOS/c1-9-4-7-13-11(9)8-14-10-2-5-12-6-3-10/h4,7,10,12H,2-3,5-6,8H2,1H3. The van der Waals surface area contributed by atoms with Gasteiger partial charge in [0.05, 0.1) is 12.0 Å². The first kappa shape index (κ1) is 10.1. The molecule has 1 saturated heterocycles. The van der Waals surface area contributed by atoms with Crippen LogP contribution in [-0.2, 0) is 5.75 Å². The molecule has 78 valence electrons. The van der Waals surface area contributed by atoms with Crippen molar-refractivity contribution in [3.63, 3.8) is 0 Å². The molecule has 1 aromatic heterocycles. The minimum atomic E-state index is 0.820. The van der Waals surface area contributed by atoms with Gasteiger partial charge in [-0.1, -0.05) is 0 Å². The van der Waals surface area contributed by atoms with E-state index < -0.39 is 0 Å². The number of piperidine rings is 1. The fraction of sp³-hybridized carbons (Fsp3) is 0.636. The lowest BCUT2D eigenvalue weighted by Gasteiger charge is -2.21. The van der Waals surface area contributed by atoms with Crippen LogP contribution in [-0.4, -0.2) is 18.3 Å². The minimum absolute atomic E-state index is 0.820. The Labute approximate surface area is 89.4 Å². The highest BCUT2D eigenvalue weighted by Crippen LogP contribution is 2.25. The van der Waals surface area contributed by atoms with Crippen LogP contribution in [0.4, 0.5) is 0 Å². The largest absolute Gasteiger partial charge is 0.468 e. The zero-order valence-corrected chi connectivity index (χ0v) is 9.40. The molecule has 0 saturated carbocycles.